The van der Waals surface area contributed by atoms with Crippen LogP contribution in [0.2, 0.25) is 0 Å². The van der Waals surface area contributed by atoms with E-state index in [4.69, 9.17) is 5.73 Å². The van der Waals surface area contributed by atoms with Crippen molar-refractivity contribution in [3.8, 4) is 11.1 Å². The molecule has 0 aliphatic carbocycles. The smallest absolute Gasteiger partial charge is 0.324 e. The molecule has 41 heavy (non-hydrogen) atoms. The molecule has 0 spiro atoms. The summed E-state index contributed by atoms with van der Waals surface area (Å²) in [6.07, 6.45) is 3.45. The van der Waals surface area contributed by atoms with Gasteiger partial charge in [0.1, 0.15) is 18.4 Å². The van der Waals surface area contributed by atoms with Crippen molar-refractivity contribution < 1.29 is 31.5 Å². The molecule has 0 bridgehead atoms. The van der Waals surface area contributed by atoms with Gasteiger partial charge in [-0.15, -0.1) is 0 Å². The fourth-order valence-corrected chi connectivity index (χ4v) is 6.14. The molecule has 0 unspecified atom stereocenters. The maximum absolute atomic E-state index is 13.5. The standard InChI is InChI=1S/C28H28N4O7S2/c1-40(36,37)25-6-4-3-5-22(25)19-9-11-21(12-10-19)31-24(28(35)32(17-26(33)34)41(2,38)39)16-18-7-8-20-13-14-30-27(29)23(20)15-18/h3-15,24,31H,16-17H2,1-2H3,(H2,29,30)(H,33,34)/t24-/m0/s1. The Morgan fingerprint density at radius 1 is 0.976 bits per heavy atom. The number of aliphatic carboxylic acids is 1. The van der Waals surface area contributed by atoms with E-state index in [9.17, 15) is 31.5 Å². The Balaban J connectivity index is 1.71. The number of carbonyl (C=O) groups is 2. The lowest BCUT2D eigenvalue weighted by atomic mass is 10.0. The number of nitrogens with zero attached hydrogens (tertiary/aromatic N) is 2. The second-order valence-electron chi connectivity index (χ2n) is 9.50. The van der Waals surface area contributed by atoms with Crippen molar-refractivity contribution in [1.82, 2.24) is 9.29 Å². The molecule has 1 atom stereocenters. The molecule has 0 radical (unpaired) electrons. The predicted octanol–water partition coefficient (Wildman–Crippen LogP) is 2.78. The number of benzene rings is 3. The minimum atomic E-state index is -4.22. The predicted molar refractivity (Wildman–Crippen MR) is 156 cm³/mol. The van der Waals surface area contributed by atoms with E-state index in [2.05, 4.69) is 10.3 Å². The van der Waals surface area contributed by atoms with Gasteiger partial charge >= 0.3 is 5.97 Å². The topological polar surface area (TPSA) is 177 Å². The van der Waals surface area contributed by atoms with Crippen molar-refractivity contribution in [1.29, 1.82) is 0 Å². The van der Waals surface area contributed by atoms with E-state index in [0.717, 1.165) is 17.9 Å². The van der Waals surface area contributed by atoms with Gasteiger partial charge in [0.05, 0.1) is 11.2 Å². The Kier molecular flexibility index (Phi) is 8.31. The number of fused-ring (bicyclic) bond motifs is 1. The molecule has 0 fully saturated rings. The normalized spacial score (nSPS) is 12.5. The number of nitrogens with one attached hydrogen (secondary N) is 1. The molecule has 4 N–H and O–H groups in total. The maximum Gasteiger partial charge on any atom is 0.324 e. The number of aromatic nitrogens is 1. The summed E-state index contributed by atoms with van der Waals surface area (Å²) < 4.78 is 49.6. The summed E-state index contributed by atoms with van der Waals surface area (Å²) in [7, 11) is -7.71. The molecule has 214 valence electrons. The second-order valence-corrected chi connectivity index (χ2v) is 13.4. The van der Waals surface area contributed by atoms with E-state index in [-0.39, 0.29) is 17.1 Å². The fraction of sp³-hybridized carbons (Fsp3) is 0.179. The Hall–Kier alpha value is -4.49. The first kappa shape index (κ1) is 29.5. The zero-order chi connectivity index (χ0) is 29.9. The number of sulfonamides is 1. The van der Waals surface area contributed by atoms with Crippen LogP contribution < -0.4 is 11.1 Å². The van der Waals surface area contributed by atoms with E-state index >= 15 is 0 Å². The van der Waals surface area contributed by atoms with E-state index in [1.165, 1.54) is 6.07 Å². The summed E-state index contributed by atoms with van der Waals surface area (Å²) in [5.74, 6) is -2.16. The summed E-state index contributed by atoms with van der Waals surface area (Å²) in [5, 5.41) is 13.8. The number of amides is 1. The van der Waals surface area contributed by atoms with Crippen molar-refractivity contribution in [2.75, 3.05) is 30.1 Å². The monoisotopic (exact) mass is 596 g/mol. The van der Waals surface area contributed by atoms with Gasteiger partial charge in [-0.2, -0.15) is 0 Å². The highest BCUT2D eigenvalue weighted by Gasteiger charge is 2.32. The van der Waals surface area contributed by atoms with Crippen molar-refractivity contribution in [3.63, 3.8) is 0 Å². The fourth-order valence-electron chi connectivity index (χ4n) is 4.43. The van der Waals surface area contributed by atoms with Crippen LogP contribution >= 0.6 is 0 Å². The van der Waals surface area contributed by atoms with Crippen LogP contribution in [-0.4, -0.2) is 68.2 Å². The van der Waals surface area contributed by atoms with Crippen LogP contribution in [-0.2, 0) is 35.9 Å². The molecule has 1 aromatic heterocycles. The first-order valence-electron chi connectivity index (χ1n) is 12.3. The number of carbonyl (C=O) groups excluding carboxylic acids is 1. The van der Waals surface area contributed by atoms with Gasteiger partial charge in [-0.1, -0.05) is 42.5 Å². The first-order valence-corrected chi connectivity index (χ1v) is 16.0. The number of pyridine rings is 1. The number of hydrogen-bond acceptors (Lipinski definition) is 9. The van der Waals surface area contributed by atoms with Crippen molar-refractivity contribution >= 4 is 54.0 Å². The lowest BCUT2D eigenvalue weighted by molar-refractivity contribution is -0.141. The number of rotatable bonds is 10. The van der Waals surface area contributed by atoms with Gasteiger partial charge in [-0.05, 0) is 46.8 Å². The van der Waals surface area contributed by atoms with Crippen LogP contribution in [0.25, 0.3) is 21.9 Å². The molecule has 1 heterocycles. The molecule has 4 rings (SSSR count). The molecular weight excluding hydrogens is 568 g/mol. The van der Waals surface area contributed by atoms with Crippen molar-refractivity contribution in [3.05, 3.63) is 84.6 Å². The lowest BCUT2D eigenvalue weighted by Crippen LogP contribution is -2.48. The average Bonchev–Trinajstić information content (AvgIpc) is 2.91. The summed E-state index contributed by atoms with van der Waals surface area (Å²) >= 11 is 0. The Bertz CT molecular complexity index is 1840. The second kappa shape index (κ2) is 11.6. The summed E-state index contributed by atoms with van der Waals surface area (Å²) in [6, 6.07) is 19.0. The first-order chi connectivity index (χ1) is 19.2. The Morgan fingerprint density at radius 3 is 2.29 bits per heavy atom. The third-order valence-corrected chi connectivity index (χ3v) is 8.61. The molecule has 0 saturated carbocycles. The van der Waals surface area contributed by atoms with E-state index < -0.39 is 44.3 Å². The average molecular weight is 597 g/mol. The van der Waals surface area contributed by atoms with Gasteiger partial charge in [0.2, 0.25) is 10.0 Å². The number of sulfone groups is 1. The molecule has 0 aliphatic rings. The zero-order valence-electron chi connectivity index (χ0n) is 22.2. The minimum Gasteiger partial charge on any atom is -0.480 e. The van der Waals surface area contributed by atoms with E-state index in [1.54, 1.807) is 72.9 Å². The maximum atomic E-state index is 13.5. The van der Waals surface area contributed by atoms with Gasteiger partial charge in [0, 0.05) is 35.5 Å². The number of carboxylic acid groups (broad SMARTS) is 1. The van der Waals surface area contributed by atoms with E-state index in [0.29, 0.717) is 32.1 Å². The Labute approximate surface area is 237 Å². The highest BCUT2D eigenvalue weighted by atomic mass is 32.2. The van der Waals surface area contributed by atoms with Crippen LogP contribution in [0.1, 0.15) is 5.56 Å². The summed E-state index contributed by atoms with van der Waals surface area (Å²) in [6.45, 7) is -1.04. The zero-order valence-corrected chi connectivity index (χ0v) is 23.8. The highest BCUT2D eigenvalue weighted by molar-refractivity contribution is 7.90. The van der Waals surface area contributed by atoms with Crippen LogP contribution in [0, 0.1) is 0 Å². The van der Waals surface area contributed by atoms with E-state index in [1.807, 2.05) is 0 Å². The number of anilines is 2. The quantitative estimate of drug-likeness (QED) is 0.247. The summed E-state index contributed by atoms with van der Waals surface area (Å²) in [5.41, 5.74) is 8.18. The molecule has 11 nitrogen and oxygen atoms in total. The third-order valence-electron chi connectivity index (χ3n) is 6.35. The lowest BCUT2D eigenvalue weighted by Gasteiger charge is -2.26. The SMILES string of the molecule is CS(=O)(=O)c1ccccc1-c1ccc(N[C@@H](Cc2ccc3ccnc(N)c3c2)C(=O)N(CC(=O)O)S(C)(=O)=O)cc1. The molecule has 4 aromatic rings. The van der Waals surface area contributed by atoms with Gasteiger partial charge in [0.15, 0.2) is 9.84 Å². The van der Waals surface area contributed by atoms with Crippen LogP contribution in [0.5, 0.6) is 0 Å². The number of nitrogens with two attached hydrogens (primary N) is 1. The van der Waals surface area contributed by atoms with Gasteiger partial charge in [-0.3, -0.25) is 9.59 Å². The largest absolute Gasteiger partial charge is 0.480 e. The molecule has 0 aliphatic heterocycles. The van der Waals surface area contributed by atoms with Crippen LogP contribution in [0.4, 0.5) is 11.5 Å². The minimum absolute atomic E-state index is 0.00654. The van der Waals surface area contributed by atoms with Gasteiger partial charge in [-0.25, -0.2) is 26.1 Å². The highest BCUT2D eigenvalue weighted by Crippen LogP contribution is 2.29. The molecule has 3 aromatic carbocycles. The molecule has 0 saturated heterocycles. The van der Waals surface area contributed by atoms with Gasteiger partial charge in [0.25, 0.3) is 5.91 Å². The van der Waals surface area contributed by atoms with Crippen LogP contribution in [0.15, 0.2) is 83.9 Å². The van der Waals surface area contributed by atoms with Crippen molar-refractivity contribution in [2.45, 2.75) is 17.4 Å². The van der Waals surface area contributed by atoms with Crippen LogP contribution in [0.3, 0.4) is 0 Å². The Morgan fingerprint density at radius 2 is 1.66 bits per heavy atom. The van der Waals surface area contributed by atoms with Gasteiger partial charge < -0.3 is 16.2 Å². The molecular formula is C28H28N4O7S2. The van der Waals surface area contributed by atoms with Crippen molar-refractivity contribution in [2.24, 2.45) is 0 Å². The summed E-state index contributed by atoms with van der Waals surface area (Å²) in [4.78, 5) is 29.2. The molecule has 13 heteroatoms. The number of carboxylic acids is 1. The third kappa shape index (κ3) is 6.99. The number of nitrogen functional groups attached to an aromatic ring is 1. The molecule has 1 amide bonds. The number of hydrogen-bond donors (Lipinski definition) is 3.